The van der Waals surface area contributed by atoms with Gasteiger partial charge in [-0.1, -0.05) is 23.7 Å². The Morgan fingerprint density at radius 1 is 1.04 bits per heavy atom. The average Bonchev–Trinajstić information content (AvgIpc) is 2.86. The third-order valence-corrected chi connectivity index (χ3v) is 4.19. The number of hydrogen-bond acceptors (Lipinski definition) is 4. The molecule has 2 aromatic rings. The van der Waals surface area contributed by atoms with Gasteiger partial charge in [-0.25, -0.2) is 4.39 Å². The van der Waals surface area contributed by atoms with E-state index in [-0.39, 0.29) is 24.4 Å². The molecule has 3 rings (SSSR count). The summed E-state index contributed by atoms with van der Waals surface area (Å²) in [5.41, 5.74) is 1.45. The second kappa shape index (κ2) is 7.68. The molecule has 1 aliphatic rings. The molecule has 0 saturated carbocycles. The van der Waals surface area contributed by atoms with Gasteiger partial charge in [0.25, 0.3) is 11.8 Å². The lowest BCUT2D eigenvalue weighted by Crippen LogP contribution is -2.35. The molecule has 0 atom stereocenters. The molecule has 7 heteroatoms. The van der Waals surface area contributed by atoms with Gasteiger partial charge in [0.05, 0.1) is 18.7 Å². The molecule has 134 valence electrons. The van der Waals surface area contributed by atoms with E-state index < -0.39 is 17.6 Å². The van der Waals surface area contributed by atoms with E-state index in [1.165, 1.54) is 31.4 Å². The largest absolute Gasteiger partial charge is 0.383 e. The normalized spacial score (nSPS) is 14.3. The molecule has 0 spiro atoms. The number of methoxy groups -OCH3 is 1. The third kappa shape index (κ3) is 3.61. The number of ether oxygens (including phenoxy) is 1. The van der Waals surface area contributed by atoms with Crippen LogP contribution in [0.2, 0.25) is 5.02 Å². The van der Waals surface area contributed by atoms with Crippen molar-refractivity contribution in [3.8, 4) is 0 Å². The molecule has 0 fully saturated rings. The molecule has 5 nitrogen and oxygen atoms in total. The zero-order chi connectivity index (χ0) is 18.7. The third-order valence-electron chi connectivity index (χ3n) is 3.93. The summed E-state index contributed by atoms with van der Waals surface area (Å²) in [6.07, 6.45) is 0. The van der Waals surface area contributed by atoms with Gasteiger partial charge in [-0.3, -0.25) is 14.5 Å². The fraction of sp³-hybridized carbons (Fsp3) is 0.158. The highest BCUT2D eigenvalue weighted by Gasteiger charge is 2.38. The van der Waals surface area contributed by atoms with Gasteiger partial charge in [-0.15, -0.1) is 0 Å². The van der Waals surface area contributed by atoms with E-state index in [2.05, 4.69) is 5.32 Å². The first-order valence-corrected chi connectivity index (χ1v) is 8.27. The number of nitrogens with zero attached hydrogens (tertiary/aromatic N) is 1. The van der Waals surface area contributed by atoms with Crippen molar-refractivity contribution in [1.82, 2.24) is 4.90 Å². The molecule has 2 amide bonds. The molecule has 1 heterocycles. The van der Waals surface area contributed by atoms with Crippen molar-refractivity contribution < 1.29 is 18.7 Å². The average molecular weight is 375 g/mol. The summed E-state index contributed by atoms with van der Waals surface area (Å²) >= 11 is 5.92. The predicted molar refractivity (Wildman–Crippen MR) is 97.0 cm³/mol. The second-order valence-electron chi connectivity index (χ2n) is 5.64. The van der Waals surface area contributed by atoms with Crippen LogP contribution in [0.4, 0.5) is 10.1 Å². The van der Waals surface area contributed by atoms with E-state index in [4.69, 9.17) is 16.3 Å². The van der Waals surface area contributed by atoms with Gasteiger partial charge in [0, 0.05) is 17.8 Å². The molecule has 0 aromatic heterocycles. The van der Waals surface area contributed by atoms with Crippen LogP contribution in [0.15, 0.2) is 54.2 Å². The zero-order valence-electron chi connectivity index (χ0n) is 14.0. The summed E-state index contributed by atoms with van der Waals surface area (Å²) in [5, 5.41) is 3.47. The Kier molecular flexibility index (Phi) is 5.35. The molecule has 0 unspecified atom stereocenters. The van der Waals surface area contributed by atoms with Crippen LogP contribution in [0.3, 0.4) is 0 Å². The van der Waals surface area contributed by atoms with Gasteiger partial charge >= 0.3 is 0 Å². The van der Waals surface area contributed by atoms with Crippen molar-refractivity contribution >= 4 is 34.7 Å². The maximum atomic E-state index is 13.1. The van der Waals surface area contributed by atoms with Crippen molar-refractivity contribution in [3.63, 3.8) is 0 Å². The first kappa shape index (κ1) is 18.1. The molecule has 2 aromatic carbocycles. The van der Waals surface area contributed by atoms with Crippen LogP contribution in [-0.2, 0) is 14.3 Å². The summed E-state index contributed by atoms with van der Waals surface area (Å²) < 4.78 is 18.1. The van der Waals surface area contributed by atoms with Crippen LogP contribution in [0.25, 0.3) is 5.57 Å². The van der Waals surface area contributed by atoms with E-state index in [0.29, 0.717) is 16.3 Å². The number of carbonyl (C=O) groups excluding carboxylic acids is 2. The van der Waals surface area contributed by atoms with Gasteiger partial charge in [0.2, 0.25) is 0 Å². The van der Waals surface area contributed by atoms with E-state index in [9.17, 15) is 14.0 Å². The molecule has 1 aliphatic heterocycles. The molecular weight excluding hydrogens is 359 g/mol. The molecule has 0 radical (unpaired) electrons. The minimum atomic E-state index is -0.457. The number of benzene rings is 2. The SMILES string of the molecule is COCCN1C(=O)C(Nc2ccc(F)cc2)=C(c2ccc(Cl)cc2)C1=O. The van der Waals surface area contributed by atoms with Crippen molar-refractivity contribution in [1.29, 1.82) is 0 Å². The van der Waals surface area contributed by atoms with Crippen molar-refractivity contribution in [3.05, 3.63) is 70.6 Å². The first-order valence-electron chi connectivity index (χ1n) is 7.89. The minimum absolute atomic E-state index is 0.139. The summed E-state index contributed by atoms with van der Waals surface area (Å²) in [6, 6.07) is 12.2. The summed E-state index contributed by atoms with van der Waals surface area (Å²) in [6.45, 7) is 0.370. The Labute approximate surface area is 155 Å². The van der Waals surface area contributed by atoms with Crippen LogP contribution < -0.4 is 5.32 Å². The Hall–Kier alpha value is -2.70. The molecule has 26 heavy (non-hydrogen) atoms. The molecule has 0 bridgehead atoms. The number of hydrogen-bond donors (Lipinski definition) is 1. The Morgan fingerprint density at radius 2 is 1.69 bits per heavy atom. The van der Waals surface area contributed by atoms with Crippen molar-refractivity contribution in [2.75, 3.05) is 25.6 Å². The van der Waals surface area contributed by atoms with Gasteiger partial charge < -0.3 is 10.1 Å². The maximum Gasteiger partial charge on any atom is 0.278 e. The number of anilines is 1. The highest BCUT2D eigenvalue weighted by atomic mass is 35.5. The summed E-state index contributed by atoms with van der Waals surface area (Å²) in [7, 11) is 1.50. The number of nitrogens with one attached hydrogen (secondary N) is 1. The van der Waals surface area contributed by atoms with Crippen LogP contribution in [0.1, 0.15) is 5.56 Å². The monoisotopic (exact) mass is 374 g/mol. The lowest BCUT2D eigenvalue weighted by atomic mass is 10.0. The highest BCUT2D eigenvalue weighted by Crippen LogP contribution is 2.31. The molecule has 0 aliphatic carbocycles. The van der Waals surface area contributed by atoms with E-state index >= 15 is 0 Å². The van der Waals surface area contributed by atoms with E-state index in [1.54, 1.807) is 24.3 Å². The standard InChI is InChI=1S/C19H16ClFN2O3/c1-26-11-10-23-18(24)16(12-2-4-13(20)5-3-12)17(19(23)25)22-15-8-6-14(21)7-9-15/h2-9,22H,10-11H2,1H3. The Morgan fingerprint density at radius 3 is 2.31 bits per heavy atom. The number of rotatable bonds is 6. The van der Waals surface area contributed by atoms with E-state index in [0.717, 1.165) is 4.90 Å². The molecular formula is C19H16ClFN2O3. The number of imide groups is 1. The van der Waals surface area contributed by atoms with Crippen LogP contribution in [-0.4, -0.2) is 37.0 Å². The van der Waals surface area contributed by atoms with Gasteiger partial charge in [-0.2, -0.15) is 0 Å². The lowest BCUT2D eigenvalue weighted by molar-refractivity contribution is -0.137. The van der Waals surface area contributed by atoms with Gasteiger partial charge in [0.15, 0.2) is 0 Å². The fourth-order valence-electron chi connectivity index (χ4n) is 2.64. The number of amides is 2. The zero-order valence-corrected chi connectivity index (χ0v) is 14.7. The summed E-state index contributed by atoms with van der Waals surface area (Å²) in [5.74, 6) is -1.27. The van der Waals surface area contributed by atoms with E-state index in [1.807, 2.05) is 0 Å². The van der Waals surface area contributed by atoms with Crippen molar-refractivity contribution in [2.45, 2.75) is 0 Å². The second-order valence-corrected chi connectivity index (χ2v) is 6.08. The smallest absolute Gasteiger partial charge is 0.278 e. The first-order chi connectivity index (χ1) is 12.5. The van der Waals surface area contributed by atoms with Crippen LogP contribution in [0, 0.1) is 5.82 Å². The molecule has 1 N–H and O–H groups in total. The van der Waals surface area contributed by atoms with Crippen LogP contribution >= 0.6 is 11.6 Å². The fourth-order valence-corrected chi connectivity index (χ4v) is 2.77. The van der Waals surface area contributed by atoms with Crippen LogP contribution in [0.5, 0.6) is 0 Å². The Bertz CT molecular complexity index is 863. The maximum absolute atomic E-state index is 13.1. The Balaban J connectivity index is 2.02. The molecule has 0 saturated heterocycles. The summed E-state index contributed by atoms with van der Waals surface area (Å²) in [4.78, 5) is 26.7. The highest BCUT2D eigenvalue weighted by molar-refractivity contribution is 6.36. The topological polar surface area (TPSA) is 58.6 Å². The predicted octanol–water partition coefficient (Wildman–Crippen LogP) is 3.32. The quantitative estimate of drug-likeness (QED) is 0.788. The van der Waals surface area contributed by atoms with Gasteiger partial charge in [-0.05, 0) is 42.0 Å². The number of carbonyl (C=O) groups is 2. The minimum Gasteiger partial charge on any atom is -0.383 e. The van der Waals surface area contributed by atoms with Gasteiger partial charge in [0.1, 0.15) is 11.5 Å². The number of halogens is 2. The lowest BCUT2D eigenvalue weighted by Gasteiger charge is -2.14. The van der Waals surface area contributed by atoms with Crippen molar-refractivity contribution in [2.24, 2.45) is 0 Å².